The zero-order chi connectivity index (χ0) is 18.8. The second-order valence-corrected chi connectivity index (χ2v) is 6.23. The maximum absolute atomic E-state index is 12.6. The van der Waals surface area contributed by atoms with Crippen LogP contribution in [0.5, 0.6) is 11.5 Å². The Hall–Kier alpha value is -2.94. The molecule has 0 unspecified atom stereocenters. The van der Waals surface area contributed by atoms with Crippen molar-refractivity contribution < 1.29 is 9.47 Å². The first-order valence-electron chi connectivity index (χ1n) is 7.52. The van der Waals surface area contributed by atoms with Crippen LogP contribution in [0.4, 0.5) is 5.82 Å². The number of ether oxygens (including phenoxy) is 2. The van der Waals surface area contributed by atoms with Gasteiger partial charge in [-0.1, -0.05) is 0 Å². The summed E-state index contributed by atoms with van der Waals surface area (Å²) in [7, 11) is 4.71. The van der Waals surface area contributed by atoms with Gasteiger partial charge < -0.3 is 19.8 Å². The molecule has 0 amide bonds. The largest absolute Gasteiger partial charge is 0.497 e. The summed E-state index contributed by atoms with van der Waals surface area (Å²) in [5.41, 5.74) is 7.25. The van der Waals surface area contributed by atoms with Gasteiger partial charge in [-0.25, -0.2) is 15.0 Å². The summed E-state index contributed by atoms with van der Waals surface area (Å²) < 4.78 is 12.5. The summed E-state index contributed by atoms with van der Waals surface area (Å²) in [4.78, 5) is 25.5. The number of benzene rings is 1. The van der Waals surface area contributed by atoms with Crippen LogP contribution < -0.4 is 20.8 Å². The molecule has 8 nitrogen and oxygen atoms in total. The predicted molar refractivity (Wildman–Crippen MR) is 101 cm³/mol. The van der Waals surface area contributed by atoms with Crippen LogP contribution in [0.1, 0.15) is 0 Å². The Bertz CT molecular complexity index is 1010. The van der Waals surface area contributed by atoms with Crippen LogP contribution in [-0.4, -0.2) is 33.7 Å². The molecule has 0 fully saturated rings. The number of aryl methyl sites for hydroxylation is 1. The van der Waals surface area contributed by atoms with Gasteiger partial charge in [0.2, 0.25) is 0 Å². The number of nitrogens with zero attached hydrogens (tertiary/aromatic N) is 4. The molecule has 0 radical (unpaired) electrons. The summed E-state index contributed by atoms with van der Waals surface area (Å²) in [6.45, 7) is 0. The van der Waals surface area contributed by atoms with Crippen molar-refractivity contribution in [1.82, 2.24) is 19.5 Å². The lowest BCUT2D eigenvalue weighted by Crippen LogP contribution is -2.20. The minimum Gasteiger partial charge on any atom is -0.497 e. The van der Waals surface area contributed by atoms with E-state index in [4.69, 9.17) is 15.2 Å². The number of hydrogen-bond acceptors (Lipinski definition) is 7. The highest BCUT2D eigenvalue weighted by Gasteiger charge is 2.16. The quantitative estimate of drug-likeness (QED) is 0.693. The molecule has 26 heavy (non-hydrogen) atoms. The van der Waals surface area contributed by atoms with Gasteiger partial charge in [0.15, 0.2) is 5.82 Å². The van der Waals surface area contributed by atoms with Crippen LogP contribution in [-0.2, 0) is 7.05 Å². The van der Waals surface area contributed by atoms with Gasteiger partial charge in [-0.2, -0.15) is 0 Å². The molecule has 0 saturated carbocycles. The van der Waals surface area contributed by atoms with E-state index in [1.807, 2.05) is 0 Å². The third kappa shape index (κ3) is 3.38. The Morgan fingerprint density at radius 3 is 2.35 bits per heavy atom. The number of anilines is 1. The molecule has 134 valence electrons. The van der Waals surface area contributed by atoms with Crippen molar-refractivity contribution in [3.8, 4) is 34.1 Å². The fourth-order valence-corrected chi connectivity index (χ4v) is 2.70. The molecule has 2 heterocycles. The van der Waals surface area contributed by atoms with Gasteiger partial charge in [-0.15, -0.1) is 0 Å². The first kappa shape index (κ1) is 17.9. The van der Waals surface area contributed by atoms with E-state index >= 15 is 0 Å². The molecule has 0 aliphatic carbocycles. The number of nitrogen functional groups attached to an aromatic ring is 1. The van der Waals surface area contributed by atoms with E-state index in [9.17, 15) is 4.79 Å². The number of methoxy groups -OCH3 is 2. The van der Waals surface area contributed by atoms with Crippen LogP contribution in [0.3, 0.4) is 0 Å². The summed E-state index contributed by atoms with van der Waals surface area (Å²) >= 11 is 3.27. The van der Waals surface area contributed by atoms with Gasteiger partial charge in [-0.3, -0.25) is 4.79 Å². The fraction of sp³-hybridized carbons (Fsp3) is 0.176. The molecule has 3 aromatic rings. The Labute approximate surface area is 157 Å². The molecule has 0 saturated heterocycles. The normalized spacial score (nSPS) is 10.6. The summed E-state index contributed by atoms with van der Waals surface area (Å²) in [6.07, 6.45) is 3.06. The SMILES string of the molecule is COc1cc(OC)cc(-c2nc(-c3nc(Br)cnc3N)cn(C)c2=O)c1. The van der Waals surface area contributed by atoms with Crippen molar-refractivity contribution in [3.05, 3.63) is 45.5 Å². The fourth-order valence-electron chi connectivity index (χ4n) is 2.42. The zero-order valence-corrected chi connectivity index (χ0v) is 15.9. The zero-order valence-electron chi connectivity index (χ0n) is 14.4. The molecule has 0 bridgehead atoms. The molecule has 0 atom stereocenters. The van der Waals surface area contributed by atoms with Gasteiger partial charge in [0.1, 0.15) is 33.2 Å². The molecular formula is C17H16BrN5O3. The highest BCUT2D eigenvalue weighted by Crippen LogP contribution is 2.29. The standard InChI is InChI=1S/C17H16BrN5O3/c1-23-8-12(15-16(19)20-7-13(18)22-15)21-14(17(23)24)9-4-10(25-2)6-11(5-9)26-3/h4-8H,1-3H3,(H2,19,20). The second-order valence-electron chi connectivity index (χ2n) is 5.42. The number of nitrogens with two attached hydrogens (primary N) is 1. The van der Waals surface area contributed by atoms with Gasteiger partial charge in [0, 0.05) is 24.9 Å². The van der Waals surface area contributed by atoms with Crippen molar-refractivity contribution in [3.63, 3.8) is 0 Å². The molecule has 1 aromatic carbocycles. The minimum absolute atomic E-state index is 0.216. The summed E-state index contributed by atoms with van der Waals surface area (Å²) in [5.74, 6) is 1.32. The Kier molecular flexibility index (Phi) is 4.90. The monoisotopic (exact) mass is 417 g/mol. The lowest BCUT2D eigenvalue weighted by atomic mass is 10.1. The Morgan fingerprint density at radius 2 is 1.73 bits per heavy atom. The van der Waals surface area contributed by atoms with E-state index in [-0.39, 0.29) is 17.1 Å². The van der Waals surface area contributed by atoms with Crippen LogP contribution in [0.25, 0.3) is 22.6 Å². The molecule has 3 rings (SSSR count). The van der Waals surface area contributed by atoms with E-state index in [2.05, 4.69) is 30.9 Å². The first-order chi connectivity index (χ1) is 12.4. The third-order valence-electron chi connectivity index (χ3n) is 3.71. The summed E-state index contributed by atoms with van der Waals surface area (Å²) in [5, 5.41) is 0. The average molecular weight is 418 g/mol. The minimum atomic E-state index is -0.273. The van der Waals surface area contributed by atoms with Crippen LogP contribution in [0, 0.1) is 0 Å². The van der Waals surface area contributed by atoms with Gasteiger partial charge >= 0.3 is 0 Å². The average Bonchev–Trinajstić information content (AvgIpc) is 2.65. The topological polar surface area (TPSA) is 105 Å². The highest BCUT2D eigenvalue weighted by molar-refractivity contribution is 9.10. The Balaban J connectivity index is 2.25. The Morgan fingerprint density at radius 1 is 1.08 bits per heavy atom. The number of rotatable bonds is 4. The van der Waals surface area contributed by atoms with Crippen molar-refractivity contribution in [1.29, 1.82) is 0 Å². The predicted octanol–water partition coefficient (Wildman–Crippen LogP) is 2.27. The smallest absolute Gasteiger partial charge is 0.276 e. The molecule has 9 heteroatoms. The van der Waals surface area contributed by atoms with Gasteiger partial charge in [-0.05, 0) is 28.1 Å². The maximum Gasteiger partial charge on any atom is 0.276 e. The molecular weight excluding hydrogens is 402 g/mol. The first-order valence-corrected chi connectivity index (χ1v) is 8.31. The van der Waals surface area contributed by atoms with Crippen molar-refractivity contribution in [2.75, 3.05) is 20.0 Å². The lowest BCUT2D eigenvalue weighted by Gasteiger charge is -2.11. The van der Waals surface area contributed by atoms with Gasteiger partial charge in [0.25, 0.3) is 5.56 Å². The lowest BCUT2D eigenvalue weighted by molar-refractivity contribution is 0.394. The third-order valence-corrected chi connectivity index (χ3v) is 4.09. The van der Waals surface area contributed by atoms with Crippen molar-refractivity contribution in [2.45, 2.75) is 0 Å². The second kappa shape index (κ2) is 7.12. The van der Waals surface area contributed by atoms with Crippen molar-refractivity contribution in [2.24, 2.45) is 7.05 Å². The van der Waals surface area contributed by atoms with Crippen LogP contribution >= 0.6 is 15.9 Å². The van der Waals surface area contributed by atoms with Gasteiger partial charge in [0.05, 0.1) is 20.4 Å². The van der Waals surface area contributed by atoms with E-state index < -0.39 is 0 Å². The van der Waals surface area contributed by atoms with E-state index in [0.29, 0.717) is 33.1 Å². The molecule has 0 aliphatic rings. The molecule has 0 aliphatic heterocycles. The maximum atomic E-state index is 12.6. The van der Waals surface area contributed by atoms with E-state index in [0.717, 1.165) is 0 Å². The van der Waals surface area contributed by atoms with Crippen molar-refractivity contribution >= 4 is 21.7 Å². The molecule has 2 aromatic heterocycles. The summed E-state index contributed by atoms with van der Waals surface area (Å²) in [6, 6.07) is 5.15. The van der Waals surface area contributed by atoms with Crippen LogP contribution in [0.2, 0.25) is 0 Å². The molecule has 2 N–H and O–H groups in total. The number of aromatic nitrogens is 4. The van der Waals surface area contributed by atoms with E-state index in [1.54, 1.807) is 31.4 Å². The number of hydrogen-bond donors (Lipinski definition) is 1. The van der Waals surface area contributed by atoms with Crippen LogP contribution in [0.15, 0.2) is 40.0 Å². The number of halogens is 1. The highest BCUT2D eigenvalue weighted by atomic mass is 79.9. The van der Waals surface area contributed by atoms with E-state index in [1.165, 1.54) is 25.0 Å². The molecule has 0 spiro atoms.